The Kier molecular flexibility index (Phi) is 6.43. The molecule has 0 spiro atoms. The molecule has 1 aliphatic carbocycles. The number of aliphatic carboxylic acids is 1. The Morgan fingerprint density at radius 3 is 2.45 bits per heavy atom. The third kappa shape index (κ3) is 4.43. The van der Waals surface area contributed by atoms with Crippen LogP contribution in [0.25, 0.3) is 0 Å². The lowest BCUT2D eigenvalue weighted by atomic mass is 9.97. The lowest BCUT2D eigenvalue weighted by Crippen LogP contribution is -2.50. The maximum absolute atomic E-state index is 11.5. The molecule has 2 N–H and O–H groups in total. The smallest absolute Gasteiger partial charge is 0.323 e. The van der Waals surface area contributed by atoms with E-state index in [1.807, 2.05) is 0 Å². The first-order chi connectivity index (χ1) is 9.30. The van der Waals surface area contributed by atoms with Crippen LogP contribution in [0, 0.1) is 5.92 Å². The topological polar surface area (TPSA) is 55.8 Å². The van der Waals surface area contributed by atoms with Gasteiger partial charge in [-0.1, -0.05) is 13.8 Å². The highest BCUT2D eigenvalue weighted by atomic mass is 16.4. The molecule has 1 fully saturated rings. The van der Waals surface area contributed by atoms with Gasteiger partial charge in [0.15, 0.2) is 0 Å². The van der Waals surface area contributed by atoms with Gasteiger partial charge in [-0.2, -0.15) is 0 Å². The normalized spacial score (nSPS) is 26.9. The molecule has 0 radical (unpaired) electrons. The van der Waals surface area contributed by atoms with Crippen LogP contribution in [-0.2, 0) is 4.79 Å². The van der Waals surface area contributed by atoms with Gasteiger partial charge >= 0.3 is 5.97 Å². The van der Waals surface area contributed by atoms with E-state index in [4.69, 9.17) is 0 Å². The molecule has 1 aliphatic rings. The molecule has 0 aromatic heterocycles. The number of hydrogen-bond acceptors (Lipinski definition) is 4. The number of rotatable bonds is 8. The van der Waals surface area contributed by atoms with E-state index in [-0.39, 0.29) is 0 Å². The maximum Gasteiger partial charge on any atom is 0.323 e. The predicted octanol–water partition coefficient (Wildman–Crippen LogP) is 1.10. The summed E-state index contributed by atoms with van der Waals surface area (Å²) >= 11 is 0. The van der Waals surface area contributed by atoms with E-state index in [0.717, 1.165) is 32.5 Å². The molecule has 5 nitrogen and oxygen atoms in total. The second-order valence-electron chi connectivity index (χ2n) is 6.73. The highest BCUT2D eigenvalue weighted by Crippen LogP contribution is 2.33. The first-order valence-electron chi connectivity index (χ1n) is 7.62. The summed E-state index contributed by atoms with van der Waals surface area (Å²) in [6, 6.07) is 0.376. The molecule has 2 atom stereocenters. The van der Waals surface area contributed by atoms with Crippen molar-refractivity contribution < 1.29 is 9.90 Å². The van der Waals surface area contributed by atoms with Gasteiger partial charge in [0.1, 0.15) is 5.54 Å². The first-order valence-corrected chi connectivity index (χ1v) is 7.62. The van der Waals surface area contributed by atoms with Crippen LogP contribution in [0.4, 0.5) is 0 Å². The summed E-state index contributed by atoms with van der Waals surface area (Å²) in [7, 11) is 5.93. The van der Waals surface area contributed by atoms with Crippen LogP contribution in [0.15, 0.2) is 0 Å². The third-order valence-electron chi connectivity index (χ3n) is 4.33. The summed E-state index contributed by atoms with van der Waals surface area (Å²) in [5.74, 6) is -0.105. The van der Waals surface area contributed by atoms with Crippen LogP contribution < -0.4 is 5.32 Å². The van der Waals surface area contributed by atoms with E-state index in [0.29, 0.717) is 18.4 Å². The Hall–Kier alpha value is -0.650. The van der Waals surface area contributed by atoms with Crippen molar-refractivity contribution in [1.29, 1.82) is 0 Å². The van der Waals surface area contributed by atoms with E-state index in [2.05, 4.69) is 43.1 Å². The SMILES string of the molecule is CNC1(C(=O)O)CCC(N(CCN(C)C)CC(C)C)C1. The molecule has 1 saturated carbocycles. The second kappa shape index (κ2) is 7.38. The zero-order valence-electron chi connectivity index (χ0n) is 13.6. The molecule has 0 aromatic rings. The molecule has 5 heteroatoms. The third-order valence-corrected chi connectivity index (χ3v) is 4.33. The van der Waals surface area contributed by atoms with Crippen molar-refractivity contribution in [3.8, 4) is 0 Å². The van der Waals surface area contributed by atoms with Crippen molar-refractivity contribution >= 4 is 5.97 Å². The maximum atomic E-state index is 11.5. The Morgan fingerprint density at radius 2 is 2.05 bits per heavy atom. The van der Waals surface area contributed by atoms with E-state index < -0.39 is 11.5 Å². The number of likely N-dealkylation sites (N-methyl/N-ethyl adjacent to an activating group) is 2. The van der Waals surface area contributed by atoms with Crippen molar-refractivity contribution in [3.63, 3.8) is 0 Å². The summed E-state index contributed by atoms with van der Waals surface area (Å²) in [4.78, 5) is 16.2. The van der Waals surface area contributed by atoms with Gasteiger partial charge in [-0.25, -0.2) is 0 Å². The first kappa shape index (κ1) is 17.4. The number of nitrogens with zero attached hydrogens (tertiary/aromatic N) is 2. The van der Waals surface area contributed by atoms with Crippen molar-refractivity contribution in [3.05, 3.63) is 0 Å². The molecular weight excluding hydrogens is 254 g/mol. The van der Waals surface area contributed by atoms with Crippen LogP contribution in [0.3, 0.4) is 0 Å². The monoisotopic (exact) mass is 285 g/mol. The van der Waals surface area contributed by atoms with Gasteiger partial charge in [-0.05, 0) is 46.3 Å². The van der Waals surface area contributed by atoms with E-state index >= 15 is 0 Å². The zero-order valence-corrected chi connectivity index (χ0v) is 13.6. The minimum absolute atomic E-state index is 0.376. The highest BCUT2D eigenvalue weighted by Gasteiger charge is 2.45. The van der Waals surface area contributed by atoms with Crippen molar-refractivity contribution in [2.45, 2.75) is 44.7 Å². The molecular formula is C15H31N3O2. The number of hydrogen-bond donors (Lipinski definition) is 2. The van der Waals surface area contributed by atoms with Gasteiger partial charge in [0.25, 0.3) is 0 Å². The van der Waals surface area contributed by atoms with E-state index in [1.54, 1.807) is 7.05 Å². The van der Waals surface area contributed by atoms with Crippen molar-refractivity contribution in [1.82, 2.24) is 15.1 Å². The number of carboxylic acid groups (broad SMARTS) is 1. The summed E-state index contributed by atoms with van der Waals surface area (Å²) < 4.78 is 0. The van der Waals surface area contributed by atoms with Crippen molar-refractivity contribution in [2.75, 3.05) is 40.8 Å². The lowest BCUT2D eigenvalue weighted by molar-refractivity contribution is -0.144. The molecule has 118 valence electrons. The fourth-order valence-corrected chi connectivity index (χ4v) is 3.08. The Morgan fingerprint density at radius 1 is 1.40 bits per heavy atom. The quantitative estimate of drug-likeness (QED) is 0.699. The lowest BCUT2D eigenvalue weighted by Gasteiger charge is -2.32. The van der Waals surface area contributed by atoms with Gasteiger partial charge in [-0.3, -0.25) is 9.69 Å². The fourth-order valence-electron chi connectivity index (χ4n) is 3.08. The Labute approximate surface area is 123 Å². The van der Waals surface area contributed by atoms with Crippen LogP contribution >= 0.6 is 0 Å². The highest BCUT2D eigenvalue weighted by molar-refractivity contribution is 5.79. The second-order valence-corrected chi connectivity index (χ2v) is 6.73. The van der Waals surface area contributed by atoms with Crippen LogP contribution in [0.2, 0.25) is 0 Å². The number of nitrogens with one attached hydrogen (secondary N) is 1. The summed E-state index contributed by atoms with van der Waals surface area (Å²) in [5, 5.41) is 12.5. The van der Waals surface area contributed by atoms with E-state index in [1.165, 1.54) is 0 Å². The zero-order chi connectivity index (χ0) is 15.3. The number of carboxylic acids is 1. The average Bonchev–Trinajstić information content (AvgIpc) is 2.79. The molecule has 0 bridgehead atoms. The number of carbonyl (C=O) groups is 1. The molecule has 0 aromatic carbocycles. The Balaban J connectivity index is 2.70. The van der Waals surface area contributed by atoms with E-state index in [9.17, 15) is 9.90 Å². The Bertz CT molecular complexity index is 320. The van der Waals surface area contributed by atoms with Gasteiger partial charge in [0.2, 0.25) is 0 Å². The van der Waals surface area contributed by atoms with Crippen LogP contribution in [0.5, 0.6) is 0 Å². The average molecular weight is 285 g/mol. The van der Waals surface area contributed by atoms with Crippen LogP contribution in [-0.4, -0.2) is 73.2 Å². The van der Waals surface area contributed by atoms with Crippen molar-refractivity contribution in [2.24, 2.45) is 5.92 Å². The minimum Gasteiger partial charge on any atom is -0.480 e. The summed E-state index contributed by atoms with van der Waals surface area (Å²) in [5.41, 5.74) is -0.724. The minimum atomic E-state index is -0.724. The predicted molar refractivity (Wildman–Crippen MR) is 82.0 cm³/mol. The summed E-state index contributed by atoms with van der Waals surface area (Å²) in [6.07, 6.45) is 2.40. The van der Waals surface area contributed by atoms with Gasteiger partial charge in [0.05, 0.1) is 0 Å². The van der Waals surface area contributed by atoms with Gasteiger partial charge < -0.3 is 15.3 Å². The standard InChI is InChI=1S/C15H31N3O2/c1-12(2)11-18(9-8-17(4)5)13-6-7-15(10-13,16-3)14(19)20/h12-13,16H,6-11H2,1-5H3,(H,19,20). The molecule has 0 saturated heterocycles. The molecule has 0 aliphatic heterocycles. The fraction of sp³-hybridized carbons (Fsp3) is 0.933. The summed E-state index contributed by atoms with van der Waals surface area (Å²) in [6.45, 7) is 7.51. The largest absolute Gasteiger partial charge is 0.480 e. The molecule has 0 heterocycles. The van der Waals surface area contributed by atoms with Gasteiger partial charge in [-0.15, -0.1) is 0 Å². The molecule has 2 unspecified atom stereocenters. The molecule has 20 heavy (non-hydrogen) atoms. The van der Waals surface area contributed by atoms with Crippen LogP contribution in [0.1, 0.15) is 33.1 Å². The molecule has 1 rings (SSSR count). The van der Waals surface area contributed by atoms with Gasteiger partial charge in [0, 0.05) is 25.7 Å². The molecule has 0 amide bonds.